The fourth-order valence-electron chi connectivity index (χ4n) is 4.34. The minimum Gasteiger partial charge on any atom is -0.494 e. The highest BCUT2D eigenvalue weighted by Crippen LogP contribution is 2.63. The van der Waals surface area contributed by atoms with Crippen LogP contribution in [0.2, 0.25) is 5.02 Å². The van der Waals surface area contributed by atoms with Crippen LogP contribution in [0.4, 0.5) is 0 Å². The molecule has 0 radical (unpaired) electrons. The van der Waals surface area contributed by atoms with E-state index in [1.807, 2.05) is 25.3 Å². The van der Waals surface area contributed by atoms with Crippen LogP contribution in [0.1, 0.15) is 36.9 Å². The van der Waals surface area contributed by atoms with Gasteiger partial charge in [0.05, 0.1) is 24.7 Å². The van der Waals surface area contributed by atoms with E-state index in [1.54, 1.807) is 7.11 Å². The molecule has 0 N–H and O–H groups in total. The molecular formula is C26H30Cl2N2O3S. The summed E-state index contributed by atoms with van der Waals surface area (Å²) in [4.78, 5) is 8.15. The van der Waals surface area contributed by atoms with Crippen LogP contribution < -0.4 is 14.2 Å². The number of amidine groups is 1. The molecule has 0 amide bonds. The number of halogens is 2. The predicted octanol–water partition coefficient (Wildman–Crippen LogP) is 6.92. The Morgan fingerprint density at radius 3 is 2.74 bits per heavy atom. The Morgan fingerprint density at radius 1 is 1.26 bits per heavy atom. The topological polar surface area (TPSA) is 43.3 Å². The molecule has 0 spiro atoms. The molecule has 0 aliphatic carbocycles. The van der Waals surface area contributed by atoms with Crippen molar-refractivity contribution < 1.29 is 14.2 Å². The summed E-state index contributed by atoms with van der Waals surface area (Å²) in [6.45, 7) is 4.84. The van der Waals surface area contributed by atoms with Gasteiger partial charge in [-0.05, 0) is 54.3 Å². The van der Waals surface area contributed by atoms with Gasteiger partial charge >= 0.3 is 0 Å². The number of fused-ring (bicyclic) bond motifs is 1. The van der Waals surface area contributed by atoms with E-state index in [-0.39, 0.29) is 25.2 Å². The van der Waals surface area contributed by atoms with Gasteiger partial charge in [-0.15, -0.1) is 28.9 Å². The molecule has 0 aromatic heterocycles. The zero-order chi connectivity index (χ0) is 23.6. The predicted molar refractivity (Wildman–Crippen MR) is 144 cm³/mol. The van der Waals surface area contributed by atoms with Crippen molar-refractivity contribution in [3.05, 3.63) is 58.1 Å². The highest BCUT2D eigenvalue weighted by atomic mass is 35.5. The van der Waals surface area contributed by atoms with Crippen molar-refractivity contribution in [1.82, 2.24) is 4.90 Å². The van der Waals surface area contributed by atoms with Gasteiger partial charge in [-0.3, -0.25) is 0 Å². The van der Waals surface area contributed by atoms with E-state index in [2.05, 4.69) is 47.6 Å². The second kappa shape index (κ2) is 10.9. The van der Waals surface area contributed by atoms with Crippen LogP contribution in [-0.2, 0) is 0 Å². The molecule has 34 heavy (non-hydrogen) atoms. The fraction of sp³-hybridized carbons (Fsp3) is 0.346. The average Bonchev–Trinajstić information content (AvgIpc) is 3.44. The highest BCUT2D eigenvalue weighted by molar-refractivity contribution is 8.47. The lowest BCUT2D eigenvalue weighted by Crippen LogP contribution is -2.37. The molecule has 2 aromatic carbocycles. The smallest absolute Gasteiger partial charge is 0.231 e. The standard InChI is InChI=1S/C26H29ClN2O3S.ClH/c1-6-8-20(19-10-11-21-22(16-19)32-17-31-21)29(14-7-2)26-28-13-15-33(26,5)23-12-9-18(3)24(27)25(23)30-4;/h2,9-13,15-16,20H,6,8,14,17H2,1,3-5H3;1H/t20-;/m0./s1. The summed E-state index contributed by atoms with van der Waals surface area (Å²) in [5.41, 5.74) is 2.10. The number of nitrogens with zero attached hydrogens (tertiary/aromatic N) is 2. The van der Waals surface area contributed by atoms with Crippen LogP contribution in [-0.4, -0.2) is 36.8 Å². The van der Waals surface area contributed by atoms with E-state index in [4.69, 9.17) is 37.2 Å². The van der Waals surface area contributed by atoms with Crippen molar-refractivity contribution in [3.8, 4) is 29.6 Å². The maximum Gasteiger partial charge on any atom is 0.231 e. The van der Waals surface area contributed by atoms with Gasteiger partial charge in [0, 0.05) is 11.1 Å². The van der Waals surface area contributed by atoms with Crippen LogP contribution >= 0.6 is 34.0 Å². The number of hydrogen-bond acceptors (Lipinski definition) is 5. The molecule has 0 saturated heterocycles. The van der Waals surface area contributed by atoms with E-state index < -0.39 is 10.0 Å². The van der Waals surface area contributed by atoms with Crippen LogP contribution in [0, 0.1) is 19.3 Å². The number of ether oxygens (including phenoxy) is 3. The second-order valence-corrected chi connectivity index (χ2v) is 11.6. The summed E-state index contributed by atoms with van der Waals surface area (Å²) < 4.78 is 16.9. The lowest BCUT2D eigenvalue weighted by atomic mass is 10.0. The van der Waals surface area contributed by atoms with Crippen molar-refractivity contribution in [1.29, 1.82) is 0 Å². The van der Waals surface area contributed by atoms with E-state index in [9.17, 15) is 0 Å². The molecule has 182 valence electrons. The Morgan fingerprint density at radius 2 is 2.03 bits per heavy atom. The third-order valence-electron chi connectivity index (χ3n) is 6.04. The van der Waals surface area contributed by atoms with E-state index >= 15 is 0 Å². The molecule has 2 aliphatic heterocycles. The summed E-state index contributed by atoms with van der Waals surface area (Å²) in [6, 6.07) is 10.3. The lowest BCUT2D eigenvalue weighted by molar-refractivity contribution is 0.174. The second-order valence-electron chi connectivity index (χ2n) is 8.16. The number of benzene rings is 2. The van der Waals surface area contributed by atoms with E-state index in [0.717, 1.165) is 45.5 Å². The summed E-state index contributed by atoms with van der Waals surface area (Å²) in [6.07, 6.45) is 11.9. The first-order chi connectivity index (χ1) is 15.9. The number of methoxy groups -OCH3 is 1. The molecule has 8 heteroatoms. The Bertz CT molecular complexity index is 1160. The van der Waals surface area contributed by atoms with Crippen molar-refractivity contribution in [3.63, 3.8) is 0 Å². The molecule has 0 saturated carbocycles. The maximum atomic E-state index is 6.64. The summed E-state index contributed by atoms with van der Waals surface area (Å²) >= 11 is 6.64. The van der Waals surface area contributed by atoms with Crippen molar-refractivity contribution in [2.24, 2.45) is 4.99 Å². The molecule has 2 aliphatic rings. The minimum atomic E-state index is -1.68. The quantitative estimate of drug-likeness (QED) is 0.371. The van der Waals surface area contributed by atoms with Crippen LogP contribution in [0.25, 0.3) is 0 Å². The number of aryl methyl sites for hydroxylation is 1. The first-order valence-electron chi connectivity index (χ1n) is 10.9. The molecule has 4 rings (SSSR count). The fourth-order valence-corrected chi connectivity index (χ4v) is 7.29. The number of hydrogen-bond donors (Lipinski definition) is 0. The van der Waals surface area contributed by atoms with Gasteiger partial charge in [0.15, 0.2) is 16.7 Å². The van der Waals surface area contributed by atoms with Crippen molar-refractivity contribution in [2.75, 3.05) is 26.7 Å². The maximum absolute atomic E-state index is 6.64. The van der Waals surface area contributed by atoms with Gasteiger partial charge in [-0.1, -0.05) is 43.0 Å². The molecule has 2 aromatic rings. The highest BCUT2D eigenvalue weighted by Gasteiger charge is 2.38. The van der Waals surface area contributed by atoms with Crippen LogP contribution in [0.5, 0.6) is 17.2 Å². The first kappa shape index (κ1) is 26.2. The SMILES string of the molecule is C#CCN(C1=NC=CS1(C)c1ccc(C)c(Cl)c1OC)[C@@H](CCC)c1ccc2c(c1)OCO2.Cl. The molecule has 2 atom stereocenters. The van der Waals surface area contributed by atoms with Crippen molar-refractivity contribution >= 4 is 39.2 Å². The van der Waals surface area contributed by atoms with E-state index in [1.165, 1.54) is 0 Å². The number of terminal acetylenes is 1. The Labute approximate surface area is 214 Å². The number of rotatable bonds is 7. The van der Waals surface area contributed by atoms with Gasteiger partial charge in [-0.2, -0.15) is 0 Å². The normalized spacial score (nSPS) is 20.5. The van der Waals surface area contributed by atoms with Crippen molar-refractivity contribution in [2.45, 2.75) is 37.6 Å². The van der Waals surface area contributed by atoms with Gasteiger partial charge in [-0.25, -0.2) is 4.99 Å². The lowest BCUT2D eigenvalue weighted by Gasteiger charge is -2.42. The Hall–Kier alpha value is -2.46. The van der Waals surface area contributed by atoms with Gasteiger partial charge in [0.25, 0.3) is 0 Å². The largest absolute Gasteiger partial charge is 0.494 e. The zero-order valence-corrected chi connectivity index (χ0v) is 22.2. The summed E-state index contributed by atoms with van der Waals surface area (Å²) in [5.74, 6) is 5.10. The zero-order valence-electron chi connectivity index (χ0n) is 19.8. The van der Waals surface area contributed by atoms with Crippen LogP contribution in [0.15, 0.2) is 51.8 Å². The third-order valence-corrected chi connectivity index (χ3v) is 9.51. The van der Waals surface area contributed by atoms with Gasteiger partial charge in [0.2, 0.25) is 6.79 Å². The van der Waals surface area contributed by atoms with Gasteiger partial charge < -0.3 is 19.1 Å². The van der Waals surface area contributed by atoms with E-state index in [0.29, 0.717) is 17.3 Å². The molecular weight excluding hydrogens is 491 g/mol. The first-order valence-corrected chi connectivity index (χ1v) is 13.4. The Balaban J connectivity index is 0.00000324. The number of aliphatic imine (C=N–C) groups is 1. The molecule has 2 heterocycles. The third kappa shape index (κ3) is 4.57. The summed E-state index contributed by atoms with van der Waals surface area (Å²) in [5, 5.41) is 3.75. The average molecular weight is 522 g/mol. The molecule has 0 bridgehead atoms. The molecule has 5 nitrogen and oxygen atoms in total. The van der Waals surface area contributed by atoms with Gasteiger partial charge in [0.1, 0.15) is 5.75 Å². The summed E-state index contributed by atoms with van der Waals surface area (Å²) in [7, 11) is -0.0142. The molecule has 1 unspecified atom stereocenters. The monoisotopic (exact) mass is 520 g/mol. The minimum absolute atomic E-state index is 0. The Kier molecular flexibility index (Phi) is 8.35. The molecule has 0 fully saturated rings. The van der Waals surface area contributed by atoms with Crippen LogP contribution in [0.3, 0.4) is 0 Å².